The molecule has 0 aliphatic heterocycles. The number of aromatic nitrogens is 2. The van der Waals surface area contributed by atoms with Crippen LogP contribution in [0.5, 0.6) is 0 Å². The fraction of sp³-hybridized carbons (Fsp3) is 0.429. The van der Waals surface area contributed by atoms with E-state index in [1.54, 1.807) is 11.3 Å². The first kappa shape index (κ1) is 14.0. The van der Waals surface area contributed by atoms with Crippen molar-refractivity contribution in [3.8, 4) is 0 Å². The average Bonchev–Trinajstić information content (AvgIpc) is 2.90. The molecule has 2 rings (SSSR count). The summed E-state index contributed by atoms with van der Waals surface area (Å²) in [5.74, 6) is 0.853. The summed E-state index contributed by atoms with van der Waals surface area (Å²) in [6.07, 6.45) is 4.75. The van der Waals surface area contributed by atoms with Crippen LogP contribution < -0.4 is 5.32 Å². The number of thiophene rings is 1. The maximum absolute atomic E-state index is 4.44. The monoisotopic (exact) mass is 276 g/mol. The largest absolute Gasteiger partial charge is 0.369 e. The molecule has 0 saturated heterocycles. The Morgan fingerprint density at radius 3 is 2.79 bits per heavy atom. The number of nitrogens with one attached hydrogen (secondary N) is 1. The number of hydrogen-bond donors (Lipinski definition) is 1. The Bertz CT molecular complexity index is 467. The lowest BCUT2D eigenvalue weighted by atomic mass is 10.3. The third-order valence-electron chi connectivity index (χ3n) is 2.70. The molecule has 0 fully saturated rings. The summed E-state index contributed by atoms with van der Waals surface area (Å²) in [4.78, 5) is 12.4. The summed E-state index contributed by atoms with van der Waals surface area (Å²) >= 11 is 1.79. The van der Waals surface area contributed by atoms with Gasteiger partial charge in [0.2, 0.25) is 0 Å². The van der Waals surface area contributed by atoms with Crippen molar-refractivity contribution < 1.29 is 0 Å². The minimum atomic E-state index is 0.818. The van der Waals surface area contributed by atoms with Gasteiger partial charge >= 0.3 is 0 Å². The average molecular weight is 276 g/mol. The Morgan fingerprint density at radius 1 is 1.26 bits per heavy atom. The molecule has 0 radical (unpaired) electrons. The second-order valence-corrected chi connectivity index (χ2v) is 5.60. The van der Waals surface area contributed by atoms with Crippen LogP contribution in [-0.2, 0) is 13.1 Å². The normalized spacial score (nSPS) is 10.9. The van der Waals surface area contributed by atoms with Gasteiger partial charge in [-0.15, -0.1) is 11.3 Å². The van der Waals surface area contributed by atoms with Crippen LogP contribution in [0.25, 0.3) is 0 Å². The summed E-state index contributed by atoms with van der Waals surface area (Å²) in [5, 5.41) is 5.33. The van der Waals surface area contributed by atoms with Crippen LogP contribution in [0.4, 0.5) is 5.82 Å². The van der Waals surface area contributed by atoms with Gasteiger partial charge in [0, 0.05) is 24.5 Å². The van der Waals surface area contributed by atoms with E-state index >= 15 is 0 Å². The van der Waals surface area contributed by atoms with E-state index in [1.165, 1.54) is 4.88 Å². The van der Waals surface area contributed by atoms with Gasteiger partial charge in [-0.05, 0) is 24.9 Å². The van der Waals surface area contributed by atoms with Gasteiger partial charge in [-0.1, -0.05) is 13.0 Å². The molecule has 0 unspecified atom stereocenters. The molecule has 0 spiro atoms. The predicted octanol–water partition coefficient (Wildman–Crippen LogP) is 2.99. The first-order chi connectivity index (χ1) is 9.28. The van der Waals surface area contributed by atoms with Gasteiger partial charge in [0.05, 0.1) is 18.1 Å². The van der Waals surface area contributed by atoms with Crippen LogP contribution in [0.2, 0.25) is 0 Å². The zero-order chi connectivity index (χ0) is 13.5. The van der Waals surface area contributed by atoms with Crippen LogP contribution in [0, 0.1) is 0 Å². The van der Waals surface area contributed by atoms with Gasteiger partial charge in [0.1, 0.15) is 5.82 Å². The van der Waals surface area contributed by atoms with Crippen molar-refractivity contribution in [2.24, 2.45) is 0 Å². The van der Waals surface area contributed by atoms with Gasteiger partial charge in [0.25, 0.3) is 0 Å². The summed E-state index contributed by atoms with van der Waals surface area (Å²) in [6, 6.07) is 4.24. The van der Waals surface area contributed by atoms with E-state index in [0.29, 0.717) is 0 Å². The van der Waals surface area contributed by atoms with Crippen molar-refractivity contribution in [3.05, 3.63) is 40.5 Å². The van der Waals surface area contributed by atoms with Crippen molar-refractivity contribution in [3.63, 3.8) is 0 Å². The molecule has 1 N–H and O–H groups in total. The van der Waals surface area contributed by atoms with Gasteiger partial charge in [-0.25, -0.2) is 4.98 Å². The van der Waals surface area contributed by atoms with Crippen LogP contribution in [0.1, 0.15) is 23.9 Å². The highest BCUT2D eigenvalue weighted by Gasteiger charge is 2.04. The summed E-state index contributed by atoms with van der Waals surface area (Å²) in [7, 11) is 2.10. The fourth-order valence-corrected chi connectivity index (χ4v) is 2.57. The lowest BCUT2D eigenvalue weighted by Gasteiger charge is -2.15. The Balaban J connectivity index is 1.84. The van der Waals surface area contributed by atoms with E-state index in [2.05, 4.69) is 51.7 Å². The molecule has 5 heteroatoms. The van der Waals surface area contributed by atoms with Gasteiger partial charge < -0.3 is 5.32 Å². The molecule has 2 aromatic rings. The number of anilines is 1. The maximum atomic E-state index is 4.44. The highest BCUT2D eigenvalue weighted by Crippen LogP contribution is 2.12. The van der Waals surface area contributed by atoms with E-state index in [4.69, 9.17) is 0 Å². The van der Waals surface area contributed by atoms with E-state index in [-0.39, 0.29) is 0 Å². The smallest absolute Gasteiger partial charge is 0.144 e. The molecule has 19 heavy (non-hydrogen) atoms. The van der Waals surface area contributed by atoms with Gasteiger partial charge in [0.15, 0.2) is 0 Å². The second-order valence-electron chi connectivity index (χ2n) is 4.57. The van der Waals surface area contributed by atoms with Crippen LogP contribution in [0.15, 0.2) is 29.9 Å². The van der Waals surface area contributed by atoms with Crippen molar-refractivity contribution in [2.45, 2.75) is 26.4 Å². The Hall–Kier alpha value is -1.46. The lowest BCUT2D eigenvalue weighted by Crippen LogP contribution is -2.17. The molecule has 2 heterocycles. The molecule has 0 amide bonds. The molecule has 0 bridgehead atoms. The molecule has 0 aromatic carbocycles. The van der Waals surface area contributed by atoms with E-state index in [9.17, 15) is 0 Å². The minimum absolute atomic E-state index is 0.818. The minimum Gasteiger partial charge on any atom is -0.369 e. The van der Waals surface area contributed by atoms with Gasteiger partial charge in [-0.2, -0.15) is 0 Å². The summed E-state index contributed by atoms with van der Waals surface area (Å²) in [6.45, 7) is 4.84. The van der Waals surface area contributed by atoms with Crippen molar-refractivity contribution >= 4 is 17.2 Å². The van der Waals surface area contributed by atoms with Crippen LogP contribution in [0.3, 0.4) is 0 Å². The Kier molecular flexibility index (Phi) is 5.30. The Labute approximate surface area is 118 Å². The van der Waals surface area contributed by atoms with Gasteiger partial charge in [-0.3, -0.25) is 9.88 Å². The predicted molar refractivity (Wildman–Crippen MR) is 80.3 cm³/mol. The van der Waals surface area contributed by atoms with Crippen molar-refractivity contribution in [1.29, 1.82) is 0 Å². The molecular formula is C14H20N4S. The molecule has 0 aliphatic rings. The van der Waals surface area contributed by atoms with Crippen LogP contribution >= 0.6 is 11.3 Å². The molecule has 102 valence electrons. The highest BCUT2D eigenvalue weighted by molar-refractivity contribution is 7.09. The summed E-state index contributed by atoms with van der Waals surface area (Å²) in [5.41, 5.74) is 1.00. The van der Waals surface area contributed by atoms with Crippen molar-refractivity contribution in [2.75, 3.05) is 18.9 Å². The fourth-order valence-electron chi connectivity index (χ4n) is 1.78. The number of nitrogens with zero attached hydrogens (tertiary/aromatic N) is 3. The molecule has 2 aromatic heterocycles. The van der Waals surface area contributed by atoms with Crippen LogP contribution in [-0.4, -0.2) is 28.5 Å². The van der Waals surface area contributed by atoms with E-state index < -0.39 is 0 Å². The summed E-state index contributed by atoms with van der Waals surface area (Å²) < 4.78 is 0. The Morgan fingerprint density at radius 2 is 2.16 bits per heavy atom. The van der Waals surface area contributed by atoms with E-state index in [1.807, 2.05) is 12.4 Å². The first-order valence-electron chi connectivity index (χ1n) is 6.53. The second kappa shape index (κ2) is 7.21. The molecule has 4 nitrogen and oxygen atoms in total. The quantitative estimate of drug-likeness (QED) is 0.844. The first-order valence-corrected chi connectivity index (χ1v) is 7.41. The lowest BCUT2D eigenvalue weighted by molar-refractivity contribution is 0.317. The topological polar surface area (TPSA) is 41.1 Å². The zero-order valence-corrected chi connectivity index (χ0v) is 12.3. The molecule has 0 aliphatic carbocycles. The third-order valence-corrected chi connectivity index (χ3v) is 3.56. The molecular weight excluding hydrogens is 256 g/mol. The zero-order valence-electron chi connectivity index (χ0n) is 11.5. The number of hydrogen-bond acceptors (Lipinski definition) is 5. The van der Waals surface area contributed by atoms with E-state index in [0.717, 1.165) is 37.6 Å². The third kappa shape index (κ3) is 4.61. The maximum Gasteiger partial charge on any atom is 0.144 e. The standard InChI is InChI=1S/C14H20N4S/c1-3-6-15-14-9-16-12(8-17-14)10-18(2)11-13-5-4-7-19-13/h4-5,7-9H,3,6,10-11H2,1-2H3,(H,15,17). The SMILES string of the molecule is CCCNc1cnc(CN(C)Cc2cccs2)cn1. The number of rotatable bonds is 7. The van der Waals surface area contributed by atoms with Crippen molar-refractivity contribution in [1.82, 2.24) is 14.9 Å². The molecule has 0 atom stereocenters. The molecule has 0 saturated carbocycles. The highest BCUT2D eigenvalue weighted by atomic mass is 32.1.